The summed E-state index contributed by atoms with van der Waals surface area (Å²) in [5.74, 6) is 0.846. The summed E-state index contributed by atoms with van der Waals surface area (Å²) in [6, 6.07) is 4.00. The molecule has 1 amide bonds. The molecule has 1 aromatic heterocycles. The molecule has 128 valence electrons. The van der Waals surface area contributed by atoms with Crippen LogP contribution in [0.5, 0.6) is 0 Å². The number of hydrogen-bond acceptors (Lipinski definition) is 4. The fourth-order valence-electron chi connectivity index (χ4n) is 1.86. The molecule has 1 aromatic rings. The molecule has 0 saturated heterocycles. The van der Waals surface area contributed by atoms with Gasteiger partial charge in [-0.15, -0.1) is 24.8 Å². The number of pyridine rings is 1. The van der Waals surface area contributed by atoms with Gasteiger partial charge in [-0.05, 0) is 39.4 Å². The van der Waals surface area contributed by atoms with Gasteiger partial charge in [0, 0.05) is 31.9 Å². The number of halogens is 2. The fourth-order valence-corrected chi connectivity index (χ4v) is 1.86. The van der Waals surface area contributed by atoms with Gasteiger partial charge in [0.25, 0.3) is 5.91 Å². The number of amides is 1. The highest BCUT2D eigenvalue weighted by atomic mass is 35.5. The molecule has 5 nitrogen and oxygen atoms in total. The molecule has 0 fully saturated rings. The van der Waals surface area contributed by atoms with Crippen LogP contribution in [0.3, 0.4) is 0 Å². The number of likely N-dealkylation sites (N-methyl/N-ethyl adjacent to an activating group) is 1. The van der Waals surface area contributed by atoms with Gasteiger partial charge in [-0.25, -0.2) is 4.98 Å². The molecule has 0 radical (unpaired) electrons. The van der Waals surface area contributed by atoms with Crippen LogP contribution in [0.2, 0.25) is 0 Å². The van der Waals surface area contributed by atoms with Crippen molar-refractivity contribution in [2.75, 3.05) is 31.6 Å². The van der Waals surface area contributed by atoms with Crippen LogP contribution in [-0.4, -0.2) is 43.6 Å². The zero-order chi connectivity index (χ0) is 15.0. The Morgan fingerprint density at radius 2 is 2.00 bits per heavy atom. The number of rotatable bonds is 8. The van der Waals surface area contributed by atoms with Crippen LogP contribution in [-0.2, 0) is 0 Å². The molecule has 0 aliphatic carbocycles. The molecule has 0 bridgehead atoms. The van der Waals surface area contributed by atoms with Crippen molar-refractivity contribution in [3.63, 3.8) is 0 Å². The van der Waals surface area contributed by atoms with E-state index in [2.05, 4.69) is 34.4 Å². The Labute approximate surface area is 146 Å². The molecule has 1 atom stereocenters. The Kier molecular flexibility index (Phi) is 13.2. The molecular weight excluding hydrogens is 323 g/mol. The summed E-state index contributed by atoms with van der Waals surface area (Å²) in [5, 5.41) is 5.96. The maximum Gasteiger partial charge on any atom is 0.252 e. The zero-order valence-corrected chi connectivity index (χ0v) is 15.4. The average Bonchev–Trinajstić information content (AvgIpc) is 2.50. The van der Waals surface area contributed by atoms with Gasteiger partial charge in [0.1, 0.15) is 5.82 Å². The third-order valence-electron chi connectivity index (χ3n) is 3.27. The van der Waals surface area contributed by atoms with E-state index in [0.29, 0.717) is 12.1 Å². The van der Waals surface area contributed by atoms with E-state index in [-0.39, 0.29) is 36.8 Å². The Hall–Kier alpha value is -1.04. The average molecular weight is 351 g/mol. The van der Waals surface area contributed by atoms with Crippen molar-refractivity contribution in [1.29, 1.82) is 0 Å². The van der Waals surface area contributed by atoms with E-state index in [1.807, 2.05) is 26.1 Å². The molecule has 0 spiro atoms. The summed E-state index contributed by atoms with van der Waals surface area (Å²) in [5.41, 5.74) is 0.601. The first-order valence-corrected chi connectivity index (χ1v) is 7.28. The molecule has 0 saturated carbocycles. The SMILES string of the molecule is CCCN(CC)c1ccc(C(=O)NCC(C)NC)cn1.Cl.Cl. The van der Waals surface area contributed by atoms with Gasteiger partial charge in [0.15, 0.2) is 0 Å². The van der Waals surface area contributed by atoms with Crippen LogP contribution in [0.4, 0.5) is 5.82 Å². The smallest absolute Gasteiger partial charge is 0.252 e. The summed E-state index contributed by atoms with van der Waals surface area (Å²) in [7, 11) is 1.88. The van der Waals surface area contributed by atoms with E-state index < -0.39 is 0 Å². The molecule has 2 N–H and O–H groups in total. The molecule has 22 heavy (non-hydrogen) atoms. The second-order valence-electron chi connectivity index (χ2n) is 4.88. The van der Waals surface area contributed by atoms with Gasteiger partial charge in [-0.1, -0.05) is 6.92 Å². The van der Waals surface area contributed by atoms with E-state index in [1.165, 1.54) is 0 Å². The van der Waals surface area contributed by atoms with Crippen LogP contribution < -0.4 is 15.5 Å². The number of hydrogen-bond donors (Lipinski definition) is 2. The molecule has 0 aromatic carbocycles. The van der Waals surface area contributed by atoms with Gasteiger partial charge < -0.3 is 15.5 Å². The maximum atomic E-state index is 11.9. The lowest BCUT2D eigenvalue weighted by atomic mass is 10.2. The number of carbonyl (C=O) groups is 1. The fraction of sp³-hybridized carbons (Fsp3) is 0.600. The molecule has 1 rings (SSSR count). The van der Waals surface area contributed by atoms with Crippen LogP contribution in [0.25, 0.3) is 0 Å². The van der Waals surface area contributed by atoms with Crippen molar-refractivity contribution in [3.8, 4) is 0 Å². The first-order valence-electron chi connectivity index (χ1n) is 7.28. The van der Waals surface area contributed by atoms with Crippen molar-refractivity contribution in [1.82, 2.24) is 15.6 Å². The Morgan fingerprint density at radius 3 is 2.45 bits per heavy atom. The zero-order valence-electron chi connectivity index (χ0n) is 13.8. The van der Waals surface area contributed by atoms with Gasteiger partial charge in [-0.3, -0.25) is 4.79 Å². The molecule has 0 aliphatic heterocycles. The van der Waals surface area contributed by atoms with E-state index in [1.54, 1.807) is 6.20 Å². The summed E-state index contributed by atoms with van der Waals surface area (Å²) in [6.45, 7) is 8.78. The predicted molar refractivity (Wildman–Crippen MR) is 97.8 cm³/mol. The van der Waals surface area contributed by atoms with Crippen molar-refractivity contribution in [3.05, 3.63) is 23.9 Å². The van der Waals surface area contributed by atoms with Crippen LogP contribution in [0.15, 0.2) is 18.3 Å². The summed E-state index contributed by atoms with van der Waals surface area (Å²) in [4.78, 5) is 18.5. The number of nitrogens with one attached hydrogen (secondary N) is 2. The lowest BCUT2D eigenvalue weighted by Crippen LogP contribution is -2.37. The lowest BCUT2D eigenvalue weighted by molar-refractivity contribution is 0.0950. The summed E-state index contributed by atoms with van der Waals surface area (Å²) >= 11 is 0. The third kappa shape index (κ3) is 7.29. The minimum atomic E-state index is -0.0790. The van der Waals surface area contributed by atoms with Crippen molar-refractivity contribution >= 4 is 36.5 Å². The topological polar surface area (TPSA) is 57.3 Å². The van der Waals surface area contributed by atoms with Crippen LogP contribution >= 0.6 is 24.8 Å². The quantitative estimate of drug-likeness (QED) is 0.756. The molecule has 7 heteroatoms. The number of aromatic nitrogens is 1. The number of anilines is 1. The highest BCUT2D eigenvalue weighted by Gasteiger charge is 2.09. The maximum absolute atomic E-state index is 11.9. The van der Waals surface area contributed by atoms with Gasteiger partial charge in [0.2, 0.25) is 0 Å². The standard InChI is InChI=1S/C15H26N4O.2ClH/c1-5-9-19(6-2)14-8-7-13(11-17-14)15(20)18-10-12(3)16-4;;/h7-8,11-12,16H,5-6,9-10H2,1-4H3,(H,18,20);2*1H. The highest BCUT2D eigenvalue weighted by Crippen LogP contribution is 2.11. The van der Waals surface area contributed by atoms with Crippen LogP contribution in [0.1, 0.15) is 37.6 Å². The number of nitrogens with zero attached hydrogens (tertiary/aromatic N) is 2. The lowest BCUT2D eigenvalue weighted by Gasteiger charge is -2.21. The molecule has 1 unspecified atom stereocenters. The Balaban J connectivity index is 0. The second kappa shape index (κ2) is 12.5. The van der Waals surface area contributed by atoms with Crippen molar-refractivity contribution in [2.45, 2.75) is 33.2 Å². The third-order valence-corrected chi connectivity index (χ3v) is 3.27. The summed E-state index contributed by atoms with van der Waals surface area (Å²) in [6.07, 6.45) is 2.73. The van der Waals surface area contributed by atoms with E-state index in [0.717, 1.165) is 25.3 Å². The van der Waals surface area contributed by atoms with Crippen molar-refractivity contribution in [2.24, 2.45) is 0 Å². The monoisotopic (exact) mass is 350 g/mol. The van der Waals surface area contributed by atoms with Gasteiger partial charge >= 0.3 is 0 Å². The van der Waals surface area contributed by atoms with Crippen LogP contribution in [0, 0.1) is 0 Å². The van der Waals surface area contributed by atoms with Crippen molar-refractivity contribution < 1.29 is 4.79 Å². The predicted octanol–water partition coefficient (Wildman–Crippen LogP) is 2.50. The van der Waals surface area contributed by atoms with Gasteiger partial charge in [-0.2, -0.15) is 0 Å². The molecular formula is C15H28Cl2N4O. The first-order chi connectivity index (χ1) is 9.62. The molecule has 0 aliphatic rings. The van der Waals surface area contributed by atoms with Gasteiger partial charge in [0.05, 0.1) is 5.56 Å². The minimum absolute atomic E-state index is 0. The normalized spacial score (nSPS) is 10.9. The second-order valence-corrected chi connectivity index (χ2v) is 4.88. The first kappa shape index (κ1) is 23.2. The van der Waals surface area contributed by atoms with E-state index >= 15 is 0 Å². The largest absolute Gasteiger partial charge is 0.357 e. The van der Waals surface area contributed by atoms with E-state index in [9.17, 15) is 4.79 Å². The number of carbonyl (C=O) groups excluding carboxylic acids is 1. The van der Waals surface area contributed by atoms with E-state index in [4.69, 9.17) is 0 Å². The minimum Gasteiger partial charge on any atom is -0.357 e. The Morgan fingerprint density at radius 1 is 1.32 bits per heavy atom. The molecule has 1 heterocycles. The highest BCUT2D eigenvalue weighted by molar-refractivity contribution is 5.94. The summed E-state index contributed by atoms with van der Waals surface area (Å²) < 4.78 is 0. The Bertz CT molecular complexity index is 415.